The van der Waals surface area contributed by atoms with Crippen molar-refractivity contribution in [3.63, 3.8) is 0 Å². The van der Waals surface area contributed by atoms with Crippen LogP contribution < -0.4 is 4.74 Å². The molecule has 0 fully saturated rings. The Bertz CT molecular complexity index is 503. The molecule has 2 rings (SSSR count). The topological polar surface area (TPSA) is 9.23 Å². The van der Waals surface area contributed by atoms with Gasteiger partial charge >= 0.3 is 0 Å². The summed E-state index contributed by atoms with van der Waals surface area (Å²) in [6.07, 6.45) is 0. The summed E-state index contributed by atoms with van der Waals surface area (Å²) in [7, 11) is 0. The second-order valence-corrected chi connectivity index (χ2v) is 5.43. The molecule has 0 N–H and O–H groups in total. The van der Waals surface area contributed by atoms with Crippen LogP contribution in [0.4, 0.5) is 0 Å². The predicted molar refractivity (Wildman–Crippen MR) is 79.4 cm³/mol. The summed E-state index contributed by atoms with van der Waals surface area (Å²) < 4.78 is 7.06. The van der Waals surface area contributed by atoms with Crippen LogP contribution in [0.2, 0.25) is 0 Å². The Morgan fingerprint density at radius 2 is 1.71 bits per heavy atom. The Hall–Kier alpha value is -1.03. The molecule has 0 saturated carbocycles. The van der Waals surface area contributed by atoms with Crippen LogP contribution in [0.25, 0.3) is 0 Å². The minimum absolute atomic E-state index is 0.626. The van der Waals surface area contributed by atoms with Crippen molar-refractivity contribution < 1.29 is 4.74 Å². The SMILES string of the molecule is Cc1ccc(OCc2ccc(I)cc2)c(C)c1. The fraction of sp³-hybridized carbons (Fsp3) is 0.200. The van der Waals surface area contributed by atoms with Gasteiger partial charge in [0.15, 0.2) is 0 Å². The Morgan fingerprint density at radius 3 is 2.35 bits per heavy atom. The zero-order valence-corrected chi connectivity index (χ0v) is 12.2. The van der Waals surface area contributed by atoms with E-state index >= 15 is 0 Å². The van der Waals surface area contributed by atoms with E-state index in [4.69, 9.17) is 4.74 Å². The number of benzene rings is 2. The Labute approximate surface area is 116 Å². The number of halogens is 1. The first-order valence-electron chi connectivity index (χ1n) is 5.59. The lowest BCUT2D eigenvalue weighted by atomic mass is 10.1. The largest absolute Gasteiger partial charge is 0.489 e. The van der Waals surface area contributed by atoms with Gasteiger partial charge in [-0.2, -0.15) is 0 Å². The van der Waals surface area contributed by atoms with Gasteiger partial charge in [-0.3, -0.25) is 0 Å². The van der Waals surface area contributed by atoms with E-state index in [9.17, 15) is 0 Å². The van der Waals surface area contributed by atoms with Crippen molar-refractivity contribution in [1.82, 2.24) is 0 Å². The molecule has 2 aromatic carbocycles. The molecule has 2 heteroatoms. The maximum absolute atomic E-state index is 5.82. The van der Waals surface area contributed by atoms with Crippen LogP contribution in [0.5, 0.6) is 5.75 Å². The van der Waals surface area contributed by atoms with Crippen LogP contribution in [0.1, 0.15) is 16.7 Å². The van der Waals surface area contributed by atoms with Crippen molar-refractivity contribution in [2.24, 2.45) is 0 Å². The summed E-state index contributed by atoms with van der Waals surface area (Å²) >= 11 is 2.30. The number of hydrogen-bond acceptors (Lipinski definition) is 1. The monoisotopic (exact) mass is 338 g/mol. The number of ether oxygens (including phenoxy) is 1. The van der Waals surface area contributed by atoms with Crippen LogP contribution in [-0.2, 0) is 6.61 Å². The summed E-state index contributed by atoms with van der Waals surface area (Å²) in [5.74, 6) is 0.967. The van der Waals surface area contributed by atoms with Gasteiger partial charge in [0, 0.05) is 3.57 Å². The van der Waals surface area contributed by atoms with Gasteiger partial charge in [-0.25, -0.2) is 0 Å². The Balaban J connectivity index is 2.04. The van der Waals surface area contributed by atoms with Gasteiger partial charge in [0.25, 0.3) is 0 Å². The molecule has 0 aliphatic heterocycles. The van der Waals surface area contributed by atoms with Gasteiger partial charge in [-0.15, -0.1) is 0 Å². The molecule has 0 bridgehead atoms. The maximum atomic E-state index is 5.82. The van der Waals surface area contributed by atoms with Gasteiger partial charge in [-0.1, -0.05) is 29.8 Å². The Kier molecular flexibility index (Phi) is 4.05. The lowest BCUT2D eigenvalue weighted by Crippen LogP contribution is -1.97. The molecule has 0 unspecified atom stereocenters. The number of rotatable bonds is 3. The third-order valence-corrected chi connectivity index (χ3v) is 3.36. The standard InChI is InChI=1S/C15H15IO/c1-11-3-8-15(12(2)9-11)17-10-13-4-6-14(16)7-5-13/h3-9H,10H2,1-2H3. The third-order valence-electron chi connectivity index (χ3n) is 2.64. The van der Waals surface area contributed by atoms with Gasteiger partial charge in [0.05, 0.1) is 0 Å². The molecule has 0 spiro atoms. The van der Waals surface area contributed by atoms with Crippen LogP contribution in [0, 0.1) is 17.4 Å². The number of hydrogen-bond donors (Lipinski definition) is 0. The summed E-state index contributed by atoms with van der Waals surface area (Å²) in [4.78, 5) is 0. The predicted octanol–water partition coefficient (Wildman–Crippen LogP) is 4.49. The molecule has 0 heterocycles. The fourth-order valence-corrected chi connectivity index (χ4v) is 2.06. The molecule has 17 heavy (non-hydrogen) atoms. The van der Waals surface area contributed by atoms with Gasteiger partial charge in [-0.05, 0) is 65.8 Å². The van der Waals surface area contributed by atoms with E-state index in [1.807, 2.05) is 6.07 Å². The molecule has 0 aliphatic rings. The highest BCUT2D eigenvalue weighted by molar-refractivity contribution is 14.1. The average Bonchev–Trinajstić information content (AvgIpc) is 2.30. The molecule has 1 nitrogen and oxygen atoms in total. The van der Waals surface area contributed by atoms with Crippen molar-refractivity contribution in [3.05, 3.63) is 62.7 Å². The minimum Gasteiger partial charge on any atom is -0.489 e. The lowest BCUT2D eigenvalue weighted by molar-refractivity contribution is 0.304. The first-order valence-corrected chi connectivity index (χ1v) is 6.67. The number of aryl methyl sites for hydroxylation is 2. The van der Waals surface area contributed by atoms with E-state index in [0.717, 1.165) is 5.75 Å². The zero-order chi connectivity index (χ0) is 12.3. The molecule has 88 valence electrons. The first kappa shape index (κ1) is 12.4. The summed E-state index contributed by atoms with van der Waals surface area (Å²) in [5, 5.41) is 0. The van der Waals surface area contributed by atoms with E-state index < -0.39 is 0 Å². The van der Waals surface area contributed by atoms with Gasteiger partial charge < -0.3 is 4.74 Å². The molecule has 0 atom stereocenters. The van der Waals surface area contributed by atoms with E-state index in [0.29, 0.717) is 6.61 Å². The lowest BCUT2D eigenvalue weighted by Gasteiger charge is -2.09. The van der Waals surface area contributed by atoms with E-state index in [2.05, 4.69) is 72.8 Å². The molecule has 0 aliphatic carbocycles. The molecule has 0 amide bonds. The van der Waals surface area contributed by atoms with Crippen molar-refractivity contribution in [1.29, 1.82) is 0 Å². The Morgan fingerprint density at radius 1 is 1.00 bits per heavy atom. The summed E-state index contributed by atoms with van der Waals surface area (Å²) in [6, 6.07) is 14.7. The van der Waals surface area contributed by atoms with Crippen LogP contribution in [0.15, 0.2) is 42.5 Å². The fourth-order valence-electron chi connectivity index (χ4n) is 1.70. The maximum Gasteiger partial charge on any atom is 0.122 e. The highest BCUT2D eigenvalue weighted by atomic mass is 127. The first-order chi connectivity index (χ1) is 8.15. The van der Waals surface area contributed by atoms with Crippen LogP contribution >= 0.6 is 22.6 Å². The highest BCUT2D eigenvalue weighted by Gasteiger charge is 2.00. The second kappa shape index (κ2) is 5.54. The van der Waals surface area contributed by atoms with Gasteiger partial charge in [0.2, 0.25) is 0 Å². The van der Waals surface area contributed by atoms with E-state index in [1.165, 1.54) is 20.3 Å². The summed E-state index contributed by atoms with van der Waals surface area (Å²) in [5.41, 5.74) is 3.66. The summed E-state index contributed by atoms with van der Waals surface area (Å²) in [6.45, 7) is 4.80. The third kappa shape index (κ3) is 3.46. The van der Waals surface area contributed by atoms with Gasteiger partial charge in [0.1, 0.15) is 12.4 Å². The molecular formula is C15H15IO. The minimum atomic E-state index is 0.626. The van der Waals surface area contributed by atoms with Crippen molar-refractivity contribution >= 4 is 22.6 Å². The molecule has 2 aromatic rings. The second-order valence-electron chi connectivity index (χ2n) is 4.18. The van der Waals surface area contributed by atoms with Crippen molar-refractivity contribution in [2.75, 3.05) is 0 Å². The van der Waals surface area contributed by atoms with Crippen molar-refractivity contribution in [2.45, 2.75) is 20.5 Å². The van der Waals surface area contributed by atoms with Crippen LogP contribution in [0.3, 0.4) is 0 Å². The average molecular weight is 338 g/mol. The molecule has 0 saturated heterocycles. The molecule has 0 radical (unpaired) electrons. The zero-order valence-electron chi connectivity index (χ0n) is 10.0. The smallest absolute Gasteiger partial charge is 0.122 e. The highest BCUT2D eigenvalue weighted by Crippen LogP contribution is 2.20. The molecular weight excluding hydrogens is 323 g/mol. The van der Waals surface area contributed by atoms with E-state index in [1.54, 1.807) is 0 Å². The van der Waals surface area contributed by atoms with Crippen LogP contribution in [-0.4, -0.2) is 0 Å². The van der Waals surface area contributed by atoms with E-state index in [-0.39, 0.29) is 0 Å². The normalized spacial score (nSPS) is 10.3. The molecule has 0 aromatic heterocycles. The quantitative estimate of drug-likeness (QED) is 0.750. The van der Waals surface area contributed by atoms with Crippen molar-refractivity contribution in [3.8, 4) is 5.75 Å².